The highest BCUT2D eigenvalue weighted by atomic mass is 15.1. The van der Waals surface area contributed by atoms with Gasteiger partial charge in [-0.05, 0) is 31.9 Å². The van der Waals surface area contributed by atoms with Crippen molar-refractivity contribution in [2.45, 2.75) is 38.6 Å². The van der Waals surface area contributed by atoms with Gasteiger partial charge in [-0.1, -0.05) is 24.5 Å². The van der Waals surface area contributed by atoms with Gasteiger partial charge in [0.25, 0.3) is 0 Å². The van der Waals surface area contributed by atoms with E-state index in [9.17, 15) is 0 Å². The zero-order chi connectivity index (χ0) is 12.4. The molecule has 3 N–H and O–H groups in total. The Morgan fingerprint density at radius 1 is 1.35 bits per heavy atom. The molecule has 0 heterocycles. The van der Waals surface area contributed by atoms with Crippen LogP contribution in [-0.4, -0.2) is 18.9 Å². The summed E-state index contributed by atoms with van der Waals surface area (Å²) in [5.74, 6) is 0.161. The Balaban J connectivity index is 2.33. The first-order chi connectivity index (χ1) is 8.09. The lowest BCUT2D eigenvalue weighted by atomic mass is 10.1. The normalized spacial score (nSPS) is 16.1. The molecule has 3 nitrogen and oxygen atoms in total. The topological polar surface area (TPSA) is 53.1 Å². The average molecular weight is 231 g/mol. The Labute approximate surface area is 103 Å². The standard InChI is InChI=1S/C14H21N3/c1-10-7-8-13(12(9-10)14(15)16)17(2)11-5-3-4-6-11/h7-9,11H,3-6H2,1-2H3,(H3,15,16). The van der Waals surface area contributed by atoms with Gasteiger partial charge in [0.1, 0.15) is 5.84 Å². The van der Waals surface area contributed by atoms with E-state index in [0.29, 0.717) is 6.04 Å². The van der Waals surface area contributed by atoms with Gasteiger partial charge < -0.3 is 10.6 Å². The molecule has 1 saturated carbocycles. The van der Waals surface area contributed by atoms with Crippen molar-refractivity contribution in [1.82, 2.24) is 0 Å². The number of benzene rings is 1. The fraction of sp³-hybridized carbons (Fsp3) is 0.500. The molecule has 92 valence electrons. The molecule has 0 amide bonds. The maximum Gasteiger partial charge on any atom is 0.124 e. The molecule has 0 unspecified atom stereocenters. The highest BCUT2D eigenvalue weighted by Crippen LogP contribution is 2.29. The molecule has 1 fully saturated rings. The van der Waals surface area contributed by atoms with Crippen LogP contribution in [0.2, 0.25) is 0 Å². The number of nitrogen functional groups attached to an aromatic ring is 1. The number of hydrogen-bond donors (Lipinski definition) is 2. The summed E-state index contributed by atoms with van der Waals surface area (Å²) in [6.45, 7) is 2.03. The zero-order valence-electron chi connectivity index (χ0n) is 10.7. The maximum atomic E-state index is 7.69. The summed E-state index contributed by atoms with van der Waals surface area (Å²) in [6.07, 6.45) is 5.13. The van der Waals surface area contributed by atoms with E-state index < -0.39 is 0 Å². The van der Waals surface area contributed by atoms with Crippen LogP contribution in [0, 0.1) is 12.3 Å². The van der Waals surface area contributed by atoms with Crippen LogP contribution in [0.15, 0.2) is 18.2 Å². The molecule has 17 heavy (non-hydrogen) atoms. The van der Waals surface area contributed by atoms with Gasteiger partial charge in [-0.2, -0.15) is 0 Å². The van der Waals surface area contributed by atoms with Crippen molar-refractivity contribution in [3.8, 4) is 0 Å². The van der Waals surface area contributed by atoms with Gasteiger partial charge >= 0.3 is 0 Å². The molecule has 3 heteroatoms. The lowest BCUT2D eigenvalue weighted by Crippen LogP contribution is -2.31. The summed E-state index contributed by atoms with van der Waals surface area (Å²) >= 11 is 0. The third-order valence-electron chi connectivity index (χ3n) is 3.69. The number of amidine groups is 1. The third-order valence-corrected chi connectivity index (χ3v) is 3.69. The number of nitrogens with two attached hydrogens (primary N) is 1. The Morgan fingerprint density at radius 2 is 2.00 bits per heavy atom. The summed E-state index contributed by atoms with van der Waals surface area (Å²) in [5, 5.41) is 7.69. The van der Waals surface area contributed by atoms with E-state index in [0.717, 1.165) is 16.8 Å². The third kappa shape index (κ3) is 2.43. The van der Waals surface area contributed by atoms with E-state index in [-0.39, 0.29) is 5.84 Å². The molecule has 1 aliphatic rings. The van der Waals surface area contributed by atoms with Crippen molar-refractivity contribution in [2.24, 2.45) is 5.73 Å². The Kier molecular flexibility index (Phi) is 3.36. The van der Waals surface area contributed by atoms with Gasteiger partial charge in [-0.25, -0.2) is 0 Å². The van der Waals surface area contributed by atoms with E-state index in [1.165, 1.54) is 25.7 Å². The van der Waals surface area contributed by atoms with Crippen LogP contribution >= 0.6 is 0 Å². The summed E-state index contributed by atoms with van der Waals surface area (Å²) in [6, 6.07) is 6.79. The van der Waals surface area contributed by atoms with E-state index in [2.05, 4.69) is 24.1 Å². The van der Waals surface area contributed by atoms with Gasteiger partial charge in [0.15, 0.2) is 0 Å². The van der Waals surface area contributed by atoms with Crippen molar-refractivity contribution in [3.05, 3.63) is 29.3 Å². The van der Waals surface area contributed by atoms with Gasteiger partial charge in [0.2, 0.25) is 0 Å². The number of hydrogen-bond acceptors (Lipinski definition) is 2. The summed E-state index contributed by atoms with van der Waals surface area (Å²) < 4.78 is 0. The fourth-order valence-corrected chi connectivity index (χ4v) is 2.66. The highest BCUT2D eigenvalue weighted by Gasteiger charge is 2.22. The zero-order valence-corrected chi connectivity index (χ0v) is 10.7. The second-order valence-electron chi connectivity index (χ2n) is 4.98. The monoisotopic (exact) mass is 231 g/mol. The highest BCUT2D eigenvalue weighted by molar-refractivity contribution is 6.00. The number of aryl methyl sites for hydroxylation is 1. The largest absolute Gasteiger partial charge is 0.384 e. The molecule has 1 aliphatic carbocycles. The fourth-order valence-electron chi connectivity index (χ4n) is 2.66. The van der Waals surface area contributed by atoms with E-state index in [1.807, 2.05) is 13.0 Å². The molecular formula is C14H21N3. The predicted molar refractivity (Wildman–Crippen MR) is 72.9 cm³/mol. The molecule has 0 spiro atoms. The molecule has 0 radical (unpaired) electrons. The lowest BCUT2D eigenvalue weighted by molar-refractivity contribution is 0.653. The Hall–Kier alpha value is -1.51. The molecule has 1 aromatic rings. The SMILES string of the molecule is Cc1ccc(N(C)C2CCCC2)c(C(=N)N)c1. The lowest BCUT2D eigenvalue weighted by Gasteiger charge is -2.28. The second-order valence-corrected chi connectivity index (χ2v) is 4.98. The predicted octanol–water partition coefficient (Wildman–Crippen LogP) is 2.66. The minimum Gasteiger partial charge on any atom is -0.384 e. The minimum absolute atomic E-state index is 0.161. The van der Waals surface area contributed by atoms with E-state index in [1.54, 1.807) is 0 Å². The maximum absolute atomic E-state index is 7.69. The molecular weight excluding hydrogens is 210 g/mol. The molecule has 0 aromatic heterocycles. The first-order valence-corrected chi connectivity index (χ1v) is 6.27. The second kappa shape index (κ2) is 4.78. The average Bonchev–Trinajstić information content (AvgIpc) is 2.81. The molecule has 0 atom stereocenters. The summed E-state index contributed by atoms with van der Waals surface area (Å²) in [7, 11) is 2.12. The van der Waals surface area contributed by atoms with E-state index >= 15 is 0 Å². The molecule has 2 rings (SSSR count). The van der Waals surface area contributed by atoms with Crippen molar-refractivity contribution in [2.75, 3.05) is 11.9 Å². The van der Waals surface area contributed by atoms with Crippen LogP contribution in [0.4, 0.5) is 5.69 Å². The smallest absolute Gasteiger partial charge is 0.124 e. The van der Waals surface area contributed by atoms with Crippen molar-refractivity contribution < 1.29 is 0 Å². The van der Waals surface area contributed by atoms with Crippen LogP contribution < -0.4 is 10.6 Å². The van der Waals surface area contributed by atoms with Crippen molar-refractivity contribution in [1.29, 1.82) is 5.41 Å². The van der Waals surface area contributed by atoms with Crippen molar-refractivity contribution in [3.63, 3.8) is 0 Å². The first kappa shape index (κ1) is 12.0. The first-order valence-electron chi connectivity index (χ1n) is 6.27. The molecule has 0 aliphatic heterocycles. The number of nitrogens with zero attached hydrogens (tertiary/aromatic N) is 1. The van der Waals surface area contributed by atoms with Gasteiger partial charge in [0, 0.05) is 24.3 Å². The van der Waals surface area contributed by atoms with Gasteiger partial charge in [-0.15, -0.1) is 0 Å². The molecule has 1 aromatic carbocycles. The quantitative estimate of drug-likeness (QED) is 0.620. The van der Waals surface area contributed by atoms with Crippen LogP contribution in [0.1, 0.15) is 36.8 Å². The summed E-state index contributed by atoms with van der Waals surface area (Å²) in [5.41, 5.74) is 8.78. The van der Waals surface area contributed by atoms with Gasteiger partial charge in [0.05, 0.1) is 0 Å². The summed E-state index contributed by atoms with van der Waals surface area (Å²) in [4.78, 5) is 2.29. The molecule has 0 saturated heterocycles. The Bertz CT molecular complexity index is 419. The van der Waals surface area contributed by atoms with Gasteiger partial charge in [-0.3, -0.25) is 5.41 Å². The minimum atomic E-state index is 0.161. The molecule has 0 bridgehead atoms. The van der Waals surface area contributed by atoms with Crippen LogP contribution in [0.3, 0.4) is 0 Å². The van der Waals surface area contributed by atoms with Crippen LogP contribution in [0.5, 0.6) is 0 Å². The number of anilines is 1. The van der Waals surface area contributed by atoms with Crippen molar-refractivity contribution >= 4 is 11.5 Å². The van der Waals surface area contributed by atoms with Crippen LogP contribution in [0.25, 0.3) is 0 Å². The van der Waals surface area contributed by atoms with Crippen LogP contribution in [-0.2, 0) is 0 Å². The van der Waals surface area contributed by atoms with E-state index in [4.69, 9.17) is 11.1 Å². The number of nitrogens with one attached hydrogen (secondary N) is 1. The number of rotatable bonds is 3. The Morgan fingerprint density at radius 3 is 2.59 bits per heavy atom.